The Bertz CT molecular complexity index is 519. The fourth-order valence-corrected chi connectivity index (χ4v) is 9.07. The maximum atomic E-state index is 2.74. The summed E-state index contributed by atoms with van der Waals surface area (Å²) in [5, 5.41) is 0. The van der Waals surface area contributed by atoms with Crippen molar-refractivity contribution in [2.75, 3.05) is 0 Å². The molecule has 0 spiro atoms. The number of fused-ring (bicyclic) bond motifs is 5. The summed E-state index contributed by atoms with van der Waals surface area (Å²) in [5.74, 6) is 7.03. The minimum atomic E-state index is 0. The molecule has 29 heavy (non-hydrogen) atoms. The van der Waals surface area contributed by atoms with Crippen LogP contribution >= 0.6 is 0 Å². The van der Waals surface area contributed by atoms with Gasteiger partial charge in [-0.15, -0.1) is 0 Å². The van der Waals surface area contributed by atoms with Gasteiger partial charge in [-0.25, -0.2) is 0 Å². The summed E-state index contributed by atoms with van der Waals surface area (Å²) in [7, 11) is 0. The Morgan fingerprint density at radius 1 is 0.862 bits per heavy atom. The first-order chi connectivity index (χ1) is 12.9. The van der Waals surface area contributed by atoms with Gasteiger partial charge in [0.2, 0.25) is 0 Å². The second-order valence-corrected chi connectivity index (χ2v) is 12.3. The van der Waals surface area contributed by atoms with Gasteiger partial charge in [0, 0.05) is 0 Å². The standard InChI is InChI=1S/C27H47.ClH.Mg/c1-19(2)9-8-10-20(3)23-14-15-24-22-13-12-21-11-6-7-17-26(21,4)25(22)16-18-27(23,24)5;;/h6,19-25H,7-18H2,1-5H3;1H;/q-1;;+2/p-1/t20-,21?,22?,23-,24?,25?,26+,27-;;/m1../s1. The summed E-state index contributed by atoms with van der Waals surface area (Å²) < 4.78 is 0. The van der Waals surface area contributed by atoms with Crippen LogP contribution in [0.5, 0.6) is 0 Å². The molecule has 4 aliphatic carbocycles. The minimum absolute atomic E-state index is 0. The second-order valence-electron chi connectivity index (χ2n) is 12.3. The van der Waals surface area contributed by atoms with Crippen LogP contribution in [0.4, 0.5) is 0 Å². The summed E-state index contributed by atoms with van der Waals surface area (Å²) in [6.07, 6.45) is 20.6. The molecule has 8 atom stereocenters. The summed E-state index contributed by atoms with van der Waals surface area (Å²) in [6, 6.07) is 0. The number of hydrogen-bond acceptors (Lipinski definition) is 0. The van der Waals surface area contributed by atoms with Crippen molar-refractivity contribution in [2.45, 2.75) is 112 Å². The average Bonchev–Trinajstić information content (AvgIpc) is 2.98. The van der Waals surface area contributed by atoms with Crippen molar-refractivity contribution in [3.63, 3.8) is 0 Å². The van der Waals surface area contributed by atoms with Gasteiger partial charge in [-0.05, 0) is 78.4 Å². The van der Waals surface area contributed by atoms with Crippen molar-refractivity contribution in [3.8, 4) is 0 Å². The van der Waals surface area contributed by atoms with E-state index in [4.69, 9.17) is 0 Å². The second kappa shape index (κ2) is 10.3. The van der Waals surface area contributed by atoms with Gasteiger partial charge in [0.1, 0.15) is 0 Å². The first-order valence-corrected chi connectivity index (χ1v) is 12.7. The molecular weight excluding hydrogens is 384 g/mol. The predicted octanol–water partition coefficient (Wildman–Crippen LogP) is 4.94. The van der Waals surface area contributed by atoms with Crippen LogP contribution in [0.25, 0.3) is 0 Å². The van der Waals surface area contributed by atoms with E-state index in [2.05, 4.69) is 41.0 Å². The molecule has 164 valence electrons. The van der Waals surface area contributed by atoms with E-state index in [0.29, 0.717) is 10.8 Å². The zero-order valence-corrected chi connectivity index (χ0v) is 22.4. The third kappa shape index (κ3) is 4.73. The van der Waals surface area contributed by atoms with E-state index in [9.17, 15) is 0 Å². The molecule has 0 saturated heterocycles. The Kier molecular flexibility index (Phi) is 9.37. The van der Waals surface area contributed by atoms with E-state index in [1.165, 1.54) is 44.9 Å². The molecule has 0 heterocycles. The van der Waals surface area contributed by atoms with Crippen molar-refractivity contribution in [1.29, 1.82) is 0 Å². The van der Waals surface area contributed by atoms with E-state index in [0.717, 1.165) is 41.4 Å². The van der Waals surface area contributed by atoms with Gasteiger partial charge in [-0.1, -0.05) is 72.6 Å². The van der Waals surface area contributed by atoms with Crippen molar-refractivity contribution in [3.05, 3.63) is 6.42 Å². The zero-order chi connectivity index (χ0) is 19.2. The molecule has 0 aliphatic heterocycles. The fraction of sp³-hybridized carbons (Fsp3) is 0.963. The largest absolute Gasteiger partial charge is 2.00 e. The average molecular weight is 431 g/mol. The van der Waals surface area contributed by atoms with E-state index in [1.54, 1.807) is 32.1 Å². The molecule has 0 radical (unpaired) electrons. The van der Waals surface area contributed by atoms with Crippen LogP contribution in [-0.2, 0) is 0 Å². The van der Waals surface area contributed by atoms with E-state index in [1.807, 2.05) is 0 Å². The first kappa shape index (κ1) is 26.3. The Morgan fingerprint density at radius 3 is 2.31 bits per heavy atom. The molecule has 4 unspecified atom stereocenters. The third-order valence-corrected chi connectivity index (χ3v) is 10.6. The molecule has 0 bridgehead atoms. The van der Waals surface area contributed by atoms with Gasteiger partial charge >= 0.3 is 23.1 Å². The van der Waals surface area contributed by atoms with E-state index in [-0.39, 0.29) is 35.5 Å². The van der Waals surface area contributed by atoms with Crippen LogP contribution in [0, 0.1) is 58.7 Å². The Morgan fingerprint density at radius 2 is 1.59 bits per heavy atom. The molecule has 0 amide bonds. The number of rotatable bonds is 5. The molecule has 0 nitrogen and oxygen atoms in total. The van der Waals surface area contributed by atoms with Crippen LogP contribution in [0.3, 0.4) is 0 Å². The van der Waals surface area contributed by atoms with Crippen molar-refractivity contribution in [2.24, 2.45) is 52.3 Å². The molecule has 0 aromatic rings. The van der Waals surface area contributed by atoms with Gasteiger partial charge in [0.05, 0.1) is 0 Å². The van der Waals surface area contributed by atoms with Gasteiger partial charge in [0.15, 0.2) is 0 Å². The van der Waals surface area contributed by atoms with Crippen LogP contribution in [0.1, 0.15) is 112 Å². The fourth-order valence-electron chi connectivity index (χ4n) is 9.07. The maximum Gasteiger partial charge on any atom is 2.00 e. The Hall–Kier alpha value is 1.06. The van der Waals surface area contributed by atoms with Crippen molar-refractivity contribution >= 4 is 23.1 Å². The first-order valence-electron chi connectivity index (χ1n) is 12.7. The van der Waals surface area contributed by atoms with E-state index >= 15 is 0 Å². The summed E-state index contributed by atoms with van der Waals surface area (Å²) >= 11 is 0. The van der Waals surface area contributed by atoms with Gasteiger partial charge in [-0.2, -0.15) is 12.8 Å². The van der Waals surface area contributed by atoms with Crippen LogP contribution < -0.4 is 12.4 Å². The summed E-state index contributed by atoms with van der Waals surface area (Å²) in [4.78, 5) is 0. The van der Waals surface area contributed by atoms with Gasteiger partial charge in [0.25, 0.3) is 0 Å². The summed E-state index contributed by atoms with van der Waals surface area (Å²) in [6.45, 7) is 12.8. The van der Waals surface area contributed by atoms with Gasteiger partial charge < -0.3 is 18.8 Å². The zero-order valence-electron chi connectivity index (χ0n) is 20.2. The van der Waals surface area contributed by atoms with Crippen LogP contribution in [0.15, 0.2) is 0 Å². The molecule has 4 rings (SSSR count). The molecule has 4 aliphatic rings. The quantitative estimate of drug-likeness (QED) is 0.428. The Labute approximate surface area is 205 Å². The van der Waals surface area contributed by atoms with Crippen LogP contribution in [-0.4, -0.2) is 23.1 Å². The molecule has 0 N–H and O–H groups in total. The predicted molar refractivity (Wildman–Crippen MR) is 123 cm³/mol. The van der Waals surface area contributed by atoms with Crippen LogP contribution in [0.2, 0.25) is 0 Å². The smallest absolute Gasteiger partial charge is 1.00 e. The molecular formula is C27H47ClMg. The number of halogens is 1. The third-order valence-electron chi connectivity index (χ3n) is 10.6. The molecule has 0 aromatic carbocycles. The number of hydrogen-bond donors (Lipinski definition) is 0. The van der Waals surface area contributed by atoms with Gasteiger partial charge in [-0.3, -0.25) is 0 Å². The normalized spacial score (nSPS) is 44.7. The SMILES string of the molecule is CC(C)CCC[C@@H](C)[C@H]1CCC2C3CCC4C[CH-]CC[C@]4(C)C3CC[C@@]21C.[Cl-].[Mg+2]. The maximum absolute atomic E-state index is 2.74. The topological polar surface area (TPSA) is 0 Å². The minimum Gasteiger partial charge on any atom is -1.00 e. The van der Waals surface area contributed by atoms with Crippen molar-refractivity contribution in [1.82, 2.24) is 0 Å². The summed E-state index contributed by atoms with van der Waals surface area (Å²) in [5.41, 5.74) is 1.35. The Balaban J connectivity index is 0.00000150. The molecule has 4 fully saturated rings. The van der Waals surface area contributed by atoms with Crippen molar-refractivity contribution < 1.29 is 12.4 Å². The van der Waals surface area contributed by atoms with E-state index < -0.39 is 0 Å². The molecule has 0 aromatic heterocycles. The monoisotopic (exact) mass is 430 g/mol. The molecule has 4 saturated carbocycles. The molecule has 2 heteroatoms.